The maximum Gasteiger partial charge on any atom is 0.0750 e. The van der Waals surface area contributed by atoms with Crippen molar-refractivity contribution >= 4 is 27.2 Å². The average molecular weight is 308 g/mol. The molecule has 0 saturated heterocycles. The van der Waals surface area contributed by atoms with Crippen molar-refractivity contribution in [3.05, 3.63) is 84.6 Å². The van der Waals surface area contributed by atoms with Gasteiger partial charge in [-0.15, -0.1) is 0 Å². The van der Waals surface area contributed by atoms with E-state index in [9.17, 15) is 0 Å². The number of para-hydroxylation sites is 1. The van der Waals surface area contributed by atoms with Crippen molar-refractivity contribution < 1.29 is 0 Å². The first-order valence-corrected chi connectivity index (χ1v) is 8.17. The SMILES string of the molecule is Cc1cc(-c2ccccc2)cc2c3ccccc3n3nccc3c12. The van der Waals surface area contributed by atoms with Crippen LogP contribution < -0.4 is 0 Å². The Hall–Kier alpha value is -3.13. The number of nitrogens with zero attached hydrogens (tertiary/aromatic N) is 2. The second-order valence-electron chi connectivity index (χ2n) is 6.23. The zero-order chi connectivity index (χ0) is 16.1. The van der Waals surface area contributed by atoms with E-state index in [0.717, 1.165) is 5.52 Å². The molecule has 0 fully saturated rings. The lowest BCUT2D eigenvalue weighted by molar-refractivity contribution is 1.01. The third-order valence-corrected chi connectivity index (χ3v) is 4.76. The number of aromatic nitrogens is 2. The number of fused-ring (bicyclic) bond motifs is 6. The van der Waals surface area contributed by atoms with Crippen LogP contribution in [0.25, 0.3) is 38.3 Å². The Morgan fingerprint density at radius 3 is 2.38 bits per heavy atom. The topological polar surface area (TPSA) is 17.3 Å². The smallest absolute Gasteiger partial charge is 0.0750 e. The summed E-state index contributed by atoms with van der Waals surface area (Å²) in [7, 11) is 0. The molecule has 2 heterocycles. The summed E-state index contributed by atoms with van der Waals surface area (Å²) < 4.78 is 2.05. The zero-order valence-corrected chi connectivity index (χ0v) is 13.4. The molecule has 0 bridgehead atoms. The molecular formula is C22H16N2. The molecular weight excluding hydrogens is 292 g/mol. The molecule has 5 aromatic rings. The lowest BCUT2D eigenvalue weighted by Crippen LogP contribution is -1.94. The second-order valence-corrected chi connectivity index (χ2v) is 6.23. The van der Waals surface area contributed by atoms with E-state index >= 15 is 0 Å². The van der Waals surface area contributed by atoms with E-state index in [1.165, 1.54) is 38.4 Å². The van der Waals surface area contributed by atoms with Crippen molar-refractivity contribution in [1.82, 2.24) is 9.61 Å². The van der Waals surface area contributed by atoms with Crippen molar-refractivity contribution in [1.29, 1.82) is 0 Å². The van der Waals surface area contributed by atoms with Gasteiger partial charge in [0.05, 0.1) is 17.2 Å². The summed E-state index contributed by atoms with van der Waals surface area (Å²) in [4.78, 5) is 0. The van der Waals surface area contributed by atoms with Gasteiger partial charge in [0.1, 0.15) is 0 Å². The van der Waals surface area contributed by atoms with Crippen molar-refractivity contribution in [3.63, 3.8) is 0 Å². The lowest BCUT2D eigenvalue weighted by atomic mass is 9.95. The Kier molecular flexibility index (Phi) is 2.74. The van der Waals surface area contributed by atoms with Crippen molar-refractivity contribution in [3.8, 4) is 11.1 Å². The number of aryl methyl sites for hydroxylation is 1. The van der Waals surface area contributed by atoms with Crippen LogP contribution in [0, 0.1) is 6.92 Å². The van der Waals surface area contributed by atoms with Gasteiger partial charge in [0.15, 0.2) is 0 Å². The number of rotatable bonds is 1. The molecule has 0 radical (unpaired) electrons. The fourth-order valence-electron chi connectivity index (χ4n) is 3.71. The first-order valence-electron chi connectivity index (χ1n) is 8.17. The number of benzene rings is 3. The Morgan fingerprint density at radius 1 is 0.708 bits per heavy atom. The Labute approximate surface area is 140 Å². The van der Waals surface area contributed by atoms with E-state index in [4.69, 9.17) is 0 Å². The van der Waals surface area contributed by atoms with E-state index in [1.54, 1.807) is 0 Å². The van der Waals surface area contributed by atoms with Gasteiger partial charge in [-0.3, -0.25) is 0 Å². The number of pyridine rings is 1. The molecule has 0 aliphatic heterocycles. The van der Waals surface area contributed by atoms with Crippen LogP contribution in [0.2, 0.25) is 0 Å². The van der Waals surface area contributed by atoms with E-state index in [-0.39, 0.29) is 0 Å². The van der Waals surface area contributed by atoms with Crippen LogP contribution in [0.15, 0.2) is 79.0 Å². The summed E-state index contributed by atoms with van der Waals surface area (Å²) in [6, 6.07) is 25.8. The lowest BCUT2D eigenvalue weighted by Gasteiger charge is -2.13. The van der Waals surface area contributed by atoms with E-state index < -0.39 is 0 Å². The maximum atomic E-state index is 4.54. The molecule has 0 atom stereocenters. The number of hydrogen-bond acceptors (Lipinski definition) is 1. The monoisotopic (exact) mass is 308 g/mol. The Morgan fingerprint density at radius 2 is 1.50 bits per heavy atom. The molecule has 2 heteroatoms. The highest BCUT2D eigenvalue weighted by molar-refractivity contribution is 6.14. The highest BCUT2D eigenvalue weighted by atomic mass is 15.2. The van der Waals surface area contributed by atoms with Crippen LogP contribution >= 0.6 is 0 Å². The van der Waals surface area contributed by atoms with Gasteiger partial charge in [0.2, 0.25) is 0 Å². The molecule has 2 nitrogen and oxygen atoms in total. The molecule has 3 aromatic carbocycles. The molecule has 0 N–H and O–H groups in total. The second kappa shape index (κ2) is 4.93. The van der Waals surface area contributed by atoms with E-state index in [0.29, 0.717) is 0 Å². The quantitative estimate of drug-likeness (QED) is 0.368. The average Bonchev–Trinajstić information content (AvgIpc) is 3.12. The maximum absolute atomic E-state index is 4.54. The van der Waals surface area contributed by atoms with Gasteiger partial charge < -0.3 is 0 Å². The van der Waals surface area contributed by atoms with Crippen LogP contribution in [0.1, 0.15) is 5.56 Å². The minimum Gasteiger partial charge on any atom is -0.232 e. The molecule has 5 rings (SSSR count). The van der Waals surface area contributed by atoms with E-state index in [1.807, 2.05) is 10.7 Å². The normalized spacial score (nSPS) is 11.5. The highest BCUT2D eigenvalue weighted by Crippen LogP contribution is 2.35. The molecule has 0 spiro atoms. The summed E-state index contributed by atoms with van der Waals surface area (Å²) in [5.41, 5.74) is 6.10. The highest BCUT2D eigenvalue weighted by Gasteiger charge is 2.12. The number of hydrogen-bond donors (Lipinski definition) is 0. The molecule has 0 saturated carbocycles. The van der Waals surface area contributed by atoms with Gasteiger partial charge in [-0.25, -0.2) is 4.52 Å². The van der Waals surface area contributed by atoms with Gasteiger partial charge in [0.25, 0.3) is 0 Å². The van der Waals surface area contributed by atoms with Gasteiger partial charge >= 0.3 is 0 Å². The molecule has 0 aliphatic carbocycles. The summed E-state index contributed by atoms with van der Waals surface area (Å²) in [6.07, 6.45) is 1.88. The van der Waals surface area contributed by atoms with E-state index in [2.05, 4.69) is 84.8 Å². The molecule has 24 heavy (non-hydrogen) atoms. The molecule has 114 valence electrons. The predicted molar refractivity (Wildman–Crippen MR) is 100 cm³/mol. The summed E-state index contributed by atoms with van der Waals surface area (Å²) >= 11 is 0. The third-order valence-electron chi connectivity index (χ3n) is 4.76. The van der Waals surface area contributed by atoms with Crippen LogP contribution in [0.4, 0.5) is 0 Å². The first-order chi connectivity index (χ1) is 11.8. The van der Waals surface area contributed by atoms with Crippen LogP contribution in [-0.2, 0) is 0 Å². The molecule has 0 unspecified atom stereocenters. The molecule has 0 aliphatic rings. The van der Waals surface area contributed by atoms with Gasteiger partial charge in [0, 0.05) is 10.8 Å². The summed E-state index contributed by atoms with van der Waals surface area (Å²) in [5.74, 6) is 0. The standard InChI is InChI=1S/C22H16N2/c1-15-13-17(16-7-3-2-4-8-16)14-19-18-9-5-6-10-20(18)24-21(22(15)19)11-12-23-24/h2-14H,1H3. The Bertz CT molecular complexity index is 1200. The van der Waals surface area contributed by atoms with Gasteiger partial charge in [-0.05, 0) is 47.2 Å². The van der Waals surface area contributed by atoms with Gasteiger partial charge in [-0.2, -0.15) is 5.10 Å². The first kappa shape index (κ1) is 13.3. The van der Waals surface area contributed by atoms with Crippen molar-refractivity contribution in [2.75, 3.05) is 0 Å². The predicted octanol–water partition coefficient (Wildman–Crippen LogP) is 5.62. The minimum absolute atomic E-state index is 1.15. The molecule has 0 amide bonds. The minimum atomic E-state index is 1.15. The molecule has 2 aromatic heterocycles. The van der Waals surface area contributed by atoms with Gasteiger partial charge in [-0.1, -0.05) is 54.6 Å². The largest absolute Gasteiger partial charge is 0.232 e. The Balaban J connectivity index is 2.00. The zero-order valence-electron chi connectivity index (χ0n) is 13.4. The van der Waals surface area contributed by atoms with Crippen molar-refractivity contribution in [2.24, 2.45) is 0 Å². The summed E-state index contributed by atoms with van der Waals surface area (Å²) in [6.45, 7) is 2.19. The fraction of sp³-hybridized carbons (Fsp3) is 0.0455. The van der Waals surface area contributed by atoms with Crippen molar-refractivity contribution in [2.45, 2.75) is 6.92 Å². The van der Waals surface area contributed by atoms with Crippen LogP contribution in [-0.4, -0.2) is 9.61 Å². The van der Waals surface area contributed by atoms with Crippen LogP contribution in [0.3, 0.4) is 0 Å². The summed E-state index contributed by atoms with van der Waals surface area (Å²) in [5, 5.41) is 8.35. The van der Waals surface area contributed by atoms with Crippen LogP contribution in [0.5, 0.6) is 0 Å². The fourth-order valence-corrected chi connectivity index (χ4v) is 3.71. The third kappa shape index (κ3) is 1.80.